The Morgan fingerprint density at radius 1 is 1.15 bits per heavy atom. The quantitative estimate of drug-likeness (QED) is 0.461. The molecule has 0 radical (unpaired) electrons. The van der Waals surface area contributed by atoms with Gasteiger partial charge in [0.15, 0.2) is 6.61 Å². The minimum atomic E-state index is -0.387. The second kappa shape index (κ2) is 8.75. The summed E-state index contributed by atoms with van der Waals surface area (Å²) in [6.07, 6.45) is 1.42. The number of halogens is 2. The van der Waals surface area contributed by atoms with Crippen LogP contribution in [0.2, 0.25) is 10.0 Å². The number of carbonyl (C=O) groups is 1. The number of hydrogen-bond acceptors (Lipinski definition) is 4. The first kappa shape index (κ1) is 19.0. The van der Waals surface area contributed by atoms with Gasteiger partial charge in [-0.2, -0.15) is 5.10 Å². The van der Waals surface area contributed by atoms with E-state index < -0.39 is 0 Å². The molecule has 0 fully saturated rings. The van der Waals surface area contributed by atoms with Gasteiger partial charge in [-0.25, -0.2) is 5.43 Å². The molecule has 0 unspecified atom stereocenters. The summed E-state index contributed by atoms with van der Waals surface area (Å²) in [4.78, 5) is 11.8. The van der Waals surface area contributed by atoms with Gasteiger partial charge in [-0.05, 0) is 55.0 Å². The monoisotopic (exact) mass is 402 g/mol. The molecule has 7 heteroatoms. The Bertz CT molecular complexity index is 983. The highest BCUT2D eigenvalue weighted by Gasteiger charge is 2.06. The number of ether oxygens (including phenoxy) is 1. The lowest BCUT2D eigenvalue weighted by Crippen LogP contribution is -2.24. The van der Waals surface area contributed by atoms with Crippen molar-refractivity contribution in [3.05, 3.63) is 76.0 Å². The molecule has 3 rings (SSSR count). The minimum absolute atomic E-state index is 0.161. The second-order valence-corrected chi connectivity index (χ2v) is 6.58. The highest BCUT2D eigenvalue weighted by atomic mass is 35.5. The Hall–Kier alpha value is -2.76. The summed E-state index contributed by atoms with van der Waals surface area (Å²) in [7, 11) is 0. The van der Waals surface area contributed by atoms with Crippen molar-refractivity contribution in [2.45, 2.75) is 6.92 Å². The molecule has 138 valence electrons. The number of furan rings is 1. The fraction of sp³-hybridized carbons (Fsp3) is 0.100. The van der Waals surface area contributed by atoms with E-state index in [2.05, 4.69) is 10.5 Å². The summed E-state index contributed by atoms with van der Waals surface area (Å²) in [5.41, 5.74) is 4.10. The maximum Gasteiger partial charge on any atom is 0.277 e. The minimum Gasteiger partial charge on any atom is -0.483 e. The van der Waals surface area contributed by atoms with Gasteiger partial charge in [-0.15, -0.1) is 0 Å². The molecule has 5 nitrogen and oxygen atoms in total. The van der Waals surface area contributed by atoms with Gasteiger partial charge in [0.1, 0.15) is 17.3 Å². The van der Waals surface area contributed by atoms with Gasteiger partial charge in [0.25, 0.3) is 5.91 Å². The fourth-order valence-corrected chi connectivity index (χ4v) is 2.75. The standard InChI is InChI=1S/C20H16Cl2N2O3/c1-13-9-16(22)5-7-18(13)26-12-20(25)24-23-11-17-6-8-19(27-17)14-3-2-4-15(21)10-14/h2-11H,12H2,1H3,(H,24,25). The third-order valence-corrected chi connectivity index (χ3v) is 4.08. The Kier molecular flexibility index (Phi) is 6.16. The molecule has 2 aromatic carbocycles. The van der Waals surface area contributed by atoms with Crippen LogP contribution in [0.5, 0.6) is 5.75 Å². The van der Waals surface area contributed by atoms with E-state index in [0.29, 0.717) is 27.3 Å². The van der Waals surface area contributed by atoms with E-state index >= 15 is 0 Å². The number of amides is 1. The molecule has 3 aromatic rings. The zero-order valence-corrected chi connectivity index (χ0v) is 15.9. The molecule has 0 bridgehead atoms. The van der Waals surface area contributed by atoms with Crippen LogP contribution < -0.4 is 10.2 Å². The summed E-state index contributed by atoms with van der Waals surface area (Å²) in [5, 5.41) is 5.11. The summed E-state index contributed by atoms with van der Waals surface area (Å²) in [5.74, 6) is 1.37. The SMILES string of the molecule is Cc1cc(Cl)ccc1OCC(=O)NN=Cc1ccc(-c2cccc(Cl)c2)o1. The lowest BCUT2D eigenvalue weighted by Gasteiger charge is -2.08. The molecule has 0 aliphatic heterocycles. The number of carbonyl (C=O) groups excluding carboxylic acids is 1. The Labute approximate surface area is 166 Å². The zero-order valence-electron chi connectivity index (χ0n) is 14.4. The number of benzene rings is 2. The number of hydrogen-bond donors (Lipinski definition) is 1. The Balaban J connectivity index is 1.52. The van der Waals surface area contributed by atoms with Crippen molar-refractivity contribution in [3.8, 4) is 17.1 Å². The number of aryl methyl sites for hydroxylation is 1. The molecule has 0 atom stereocenters. The molecule has 0 spiro atoms. The van der Waals surface area contributed by atoms with E-state index in [4.69, 9.17) is 32.4 Å². The first-order chi connectivity index (χ1) is 13.0. The summed E-state index contributed by atoms with van der Waals surface area (Å²) >= 11 is 11.9. The van der Waals surface area contributed by atoms with E-state index in [9.17, 15) is 4.79 Å². The molecule has 1 heterocycles. The lowest BCUT2D eigenvalue weighted by molar-refractivity contribution is -0.123. The normalized spacial score (nSPS) is 10.9. The number of hydrazone groups is 1. The summed E-state index contributed by atoms with van der Waals surface area (Å²) in [6, 6.07) is 16.1. The molecule has 27 heavy (non-hydrogen) atoms. The third-order valence-electron chi connectivity index (χ3n) is 3.61. The van der Waals surface area contributed by atoms with Crippen molar-refractivity contribution in [2.75, 3.05) is 6.61 Å². The van der Waals surface area contributed by atoms with Crippen LogP contribution >= 0.6 is 23.2 Å². The molecule has 1 aromatic heterocycles. The first-order valence-corrected chi connectivity index (χ1v) is 8.83. The van der Waals surface area contributed by atoms with Crippen LogP contribution in [0.1, 0.15) is 11.3 Å². The fourth-order valence-electron chi connectivity index (χ4n) is 2.34. The van der Waals surface area contributed by atoms with Crippen LogP contribution in [0.15, 0.2) is 64.1 Å². The van der Waals surface area contributed by atoms with E-state index in [1.165, 1.54) is 6.21 Å². The van der Waals surface area contributed by atoms with Crippen LogP contribution in [-0.2, 0) is 4.79 Å². The van der Waals surface area contributed by atoms with E-state index in [0.717, 1.165) is 11.1 Å². The molecule has 0 aliphatic carbocycles. The molecule has 0 aliphatic rings. The van der Waals surface area contributed by atoms with E-state index in [1.54, 1.807) is 42.5 Å². The predicted molar refractivity (Wildman–Crippen MR) is 107 cm³/mol. The van der Waals surface area contributed by atoms with Crippen molar-refractivity contribution >= 4 is 35.3 Å². The van der Waals surface area contributed by atoms with Crippen LogP contribution in [0.4, 0.5) is 0 Å². The van der Waals surface area contributed by atoms with Crippen molar-refractivity contribution in [3.63, 3.8) is 0 Å². The maximum absolute atomic E-state index is 11.8. The van der Waals surface area contributed by atoms with Gasteiger partial charge in [-0.3, -0.25) is 4.79 Å². The molecule has 0 saturated carbocycles. The smallest absolute Gasteiger partial charge is 0.277 e. The maximum atomic E-state index is 11.8. The summed E-state index contributed by atoms with van der Waals surface area (Å²) in [6.45, 7) is 1.69. The van der Waals surface area contributed by atoms with Gasteiger partial charge < -0.3 is 9.15 Å². The second-order valence-electron chi connectivity index (χ2n) is 5.70. The molecular weight excluding hydrogens is 387 g/mol. The zero-order chi connectivity index (χ0) is 19.2. The number of rotatable bonds is 6. The third kappa shape index (κ3) is 5.36. The van der Waals surface area contributed by atoms with Gasteiger partial charge in [0.2, 0.25) is 0 Å². The van der Waals surface area contributed by atoms with Crippen LogP contribution in [0, 0.1) is 6.92 Å². The first-order valence-electron chi connectivity index (χ1n) is 8.08. The van der Waals surface area contributed by atoms with Gasteiger partial charge in [0, 0.05) is 15.6 Å². The molecular formula is C20H16Cl2N2O3. The average Bonchev–Trinajstić information content (AvgIpc) is 3.10. The predicted octanol–water partition coefficient (Wildman–Crippen LogP) is 5.09. The van der Waals surface area contributed by atoms with Crippen molar-refractivity contribution in [1.82, 2.24) is 5.43 Å². The number of nitrogens with one attached hydrogen (secondary N) is 1. The van der Waals surface area contributed by atoms with E-state index in [1.807, 2.05) is 19.1 Å². The number of nitrogens with zero attached hydrogens (tertiary/aromatic N) is 1. The van der Waals surface area contributed by atoms with Crippen molar-refractivity contribution in [1.29, 1.82) is 0 Å². The molecule has 0 saturated heterocycles. The molecule has 1 amide bonds. The van der Waals surface area contributed by atoms with Crippen molar-refractivity contribution < 1.29 is 13.9 Å². The van der Waals surface area contributed by atoms with Crippen LogP contribution in [-0.4, -0.2) is 18.7 Å². The lowest BCUT2D eigenvalue weighted by atomic mass is 10.2. The van der Waals surface area contributed by atoms with E-state index in [-0.39, 0.29) is 12.5 Å². The topological polar surface area (TPSA) is 63.8 Å². The highest BCUT2D eigenvalue weighted by molar-refractivity contribution is 6.31. The van der Waals surface area contributed by atoms with Gasteiger partial charge in [-0.1, -0.05) is 35.3 Å². The summed E-state index contributed by atoms with van der Waals surface area (Å²) < 4.78 is 11.1. The highest BCUT2D eigenvalue weighted by Crippen LogP contribution is 2.24. The van der Waals surface area contributed by atoms with Gasteiger partial charge in [0.05, 0.1) is 6.21 Å². The largest absolute Gasteiger partial charge is 0.483 e. The van der Waals surface area contributed by atoms with Crippen LogP contribution in [0.25, 0.3) is 11.3 Å². The Morgan fingerprint density at radius 2 is 1.96 bits per heavy atom. The van der Waals surface area contributed by atoms with Gasteiger partial charge >= 0.3 is 0 Å². The van der Waals surface area contributed by atoms with Crippen molar-refractivity contribution in [2.24, 2.45) is 5.10 Å². The Morgan fingerprint density at radius 3 is 2.74 bits per heavy atom. The van der Waals surface area contributed by atoms with Crippen LogP contribution in [0.3, 0.4) is 0 Å². The molecule has 1 N–H and O–H groups in total. The average molecular weight is 403 g/mol.